The summed E-state index contributed by atoms with van der Waals surface area (Å²) in [7, 11) is -3.08. The second-order valence-electron chi connectivity index (χ2n) is 3.59. The van der Waals surface area contributed by atoms with Gasteiger partial charge in [-0.25, -0.2) is 8.42 Å². The van der Waals surface area contributed by atoms with Crippen LogP contribution in [0.2, 0.25) is 0 Å². The van der Waals surface area contributed by atoms with Gasteiger partial charge in [-0.1, -0.05) is 12.1 Å². The summed E-state index contributed by atoms with van der Waals surface area (Å²) < 4.78 is 23.0. The van der Waals surface area contributed by atoms with Gasteiger partial charge in [-0.3, -0.25) is 0 Å². The van der Waals surface area contributed by atoms with Gasteiger partial charge in [0.2, 0.25) is 0 Å². The van der Waals surface area contributed by atoms with Gasteiger partial charge in [-0.15, -0.1) is 0 Å². The van der Waals surface area contributed by atoms with E-state index in [9.17, 15) is 8.42 Å². The van der Waals surface area contributed by atoms with E-state index in [0.29, 0.717) is 11.4 Å². The highest BCUT2D eigenvalue weighted by atomic mass is 32.2. The fraction of sp³-hybridized carbons (Fsp3) is 0.400. The van der Waals surface area contributed by atoms with Crippen molar-refractivity contribution in [2.45, 2.75) is 17.9 Å². The van der Waals surface area contributed by atoms with E-state index in [-0.39, 0.29) is 0 Å². The molecular formula is C10H13NO2S. The molecule has 0 atom stereocenters. The third kappa shape index (κ3) is 1.67. The Labute approximate surface area is 84.1 Å². The van der Waals surface area contributed by atoms with Crippen molar-refractivity contribution in [2.24, 2.45) is 0 Å². The zero-order chi connectivity index (χ0) is 10.2. The molecule has 0 unspecified atom stereocenters. The van der Waals surface area contributed by atoms with Crippen LogP contribution < -0.4 is 5.32 Å². The first kappa shape index (κ1) is 9.68. The maximum Gasteiger partial charge on any atom is 0.175 e. The van der Waals surface area contributed by atoms with Gasteiger partial charge in [0.15, 0.2) is 9.84 Å². The van der Waals surface area contributed by atoms with E-state index < -0.39 is 9.84 Å². The van der Waals surface area contributed by atoms with Crippen molar-refractivity contribution in [3.63, 3.8) is 0 Å². The monoisotopic (exact) mass is 211 g/mol. The minimum atomic E-state index is -3.08. The fourth-order valence-corrected chi connectivity index (χ4v) is 2.81. The van der Waals surface area contributed by atoms with E-state index in [1.807, 2.05) is 12.1 Å². The zero-order valence-electron chi connectivity index (χ0n) is 8.08. The van der Waals surface area contributed by atoms with Crippen LogP contribution in [0, 0.1) is 0 Å². The highest BCUT2D eigenvalue weighted by Crippen LogP contribution is 2.22. The largest absolute Gasteiger partial charge is 0.312 e. The van der Waals surface area contributed by atoms with E-state index in [1.165, 1.54) is 6.26 Å². The molecule has 0 amide bonds. The van der Waals surface area contributed by atoms with E-state index in [2.05, 4.69) is 5.32 Å². The molecule has 2 rings (SSSR count). The minimum absolute atomic E-state index is 0.474. The second-order valence-corrected chi connectivity index (χ2v) is 5.58. The molecule has 1 N–H and O–H groups in total. The van der Waals surface area contributed by atoms with Crippen molar-refractivity contribution >= 4 is 9.84 Å². The molecule has 4 heteroatoms. The maximum atomic E-state index is 11.5. The molecule has 1 aliphatic heterocycles. The molecule has 1 heterocycles. The number of nitrogens with one attached hydrogen (secondary N) is 1. The van der Waals surface area contributed by atoms with Crippen LogP contribution >= 0.6 is 0 Å². The average molecular weight is 211 g/mol. The standard InChI is InChI=1S/C10H13NO2S/c1-14(12,13)10-4-2-3-8-5-6-11-7-9(8)10/h2-4,11H,5-7H2,1H3. The van der Waals surface area contributed by atoms with Gasteiger partial charge < -0.3 is 5.32 Å². The van der Waals surface area contributed by atoms with Gasteiger partial charge in [-0.05, 0) is 30.2 Å². The van der Waals surface area contributed by atoms with E-state index in [4.69, 9.17) is 0 Å². The van der Waals surface area contributed by atoms with Crippen LogP contribution in [0.1, 0.15) is 11.1 Å². The van der Waals surface area contributed by atoms with Crippen LogP contribution in [-0.2, 0) is 22.8 Å². The molecule has 1 aromatic carbocycles. The molecule has 0 saturated carbocycles. The van der Waals surface area contributed by atoms with Gasteiger partial charge in [0.05, 0.1) is 4.90 Å². The van der Waals surface area contributed by atoms with Crippen molar-refractivity contribution in [3.05, 3.63) is 29.3 Å². The summed E-state index contributed by atoms with van der Waals surface area (Å²) >= 11 is 0. The summed E-state index contributed by atoms with van der Waals surface area (Å²) in [5.41, 5.74) is 2.10. The lowest BCUT2D eigenvalue weighted by Crippen LogP contribution is -2.25. The van der Waals surface area contributed by atoms with E-state index in [1.54, 1.807) is 6.07 Å². The molecule has 0 aliphatic carbocycles. The predicted octanol–water partition coefficient (Wildman–Crippen LogP) is 0.736. The van der Waals surface area contributed by atoms with Crippen molar-refractivity contribution in [2.75, 3.05) is 12.8 Å². The number of hydrogen-bond donors (Lipinski definition) is 1. The van der Waals surface area contributed by atoms with Gasteiger partial charge in [0.25, 0.3) is 0 Å². The summed E-state index contributed by atoms with van der Waals surface area (Å²) in [6.45, 7) is 1.60. The Kier molecular flexibility index (Phi) is 2.33. The van der Waals surface area contributed by atoms with Gasteiger partial charge >= 0.3 is 0 Å². The number of rotatable bonds is 1. The lowest BCUT2D eigenvalue weighted by molar-refractivity contribution is 0.592. The summed E-state index contributed by atoms with van der Waals surface area (Å²) in [5, 5.41) is 3.19. The van der Waals surface area contributed by atoms with E-state index >= 15 is 0 Å². The maximum absolute atomic E-state index is 11.5. The third-order valence-corrected chi connectivity index (χ3v) is 3.68. The number of fused-ring (bicyclic) bond motifs is 1. The number of sulfone groups is 1. The highest BCUT2D eigenvalue weighted by molar-refractivity contribution is 7.90. The average Bonchev–Trinajstić information content (AvgIpc) is 2.15. The molecular weight excluding hydrogens is 198 g/mol. The Hall–Kier alpha value is -0.870. The van der Waals surface area contributed by atoms with Gasteiger partial charge in [0.1, 0.15) is 0 Å². The lowest BCUT2D eigenvalue weighted by atomic mass is 10.0. The molecule has 0 fully saturated rings. The molecule has 1 aromatic rings. The van der Waals surface area contributed by atoms with Crippen LogP contribution in [0.5, 0.6) is 0 Å². The number of hydrogen-bond acceptors (Lipinski definition) is 3. The third-order valence-electron chi connectivity index (χ3n) is 2.50. The molecule has 1 aliphatic rings. The minimum Gasteiger partial charge on any atom is -0.312 e. The molecule has 76 valence electrons. The summed E-state index contributed by atoms with van der Waals surface area (Å²) in [6, 6.07) is 5.51. The highest BCUT2D eigenvalue weighted by Gasteiger charge is 2.17. The molecule has 0 radical (unpaired) electrons. The quantitative estimate of drug-likeness (QED) is 0.745. The van der Waals surface area contributed by atoms with Crippen LogP contribution in [-0.4, -0.2) is 21.2 Å². The Morgan fingerprint density at radius 3 is 2.86 bits per heavy atom. The first-order valence-corrected chi connectivity index (χ1v) is 6.50. The van der Waals surface area contributed by atoms with Crippen LogP contribution in [0.4, 0.5) is 0 Å². The van der Waals surface area contributed by atoms with Crippen LogP contribution in [0.3, 0.4) is 0 Å². The molecule has 14 heavy (non-hydrogen) atoms. The molecule has 0 aromatic heterocycles. The zero-order valence-corrected chi connectivity index (χ0v) is 8.89. The summed E-state index contributed by atoms with van der Waals surface area (Å²) in [6.07, 6.45) is 2.18. The van der Waals surface area contributed by atoms with Crippen molar-refractivity contribution in [1.82, 2.24) is 5.32 Å². The Bertz CT molecular complexity index is 451. The van der Waals surface area contributed by atoms with Crippen LogP contribution in [0.25, 0.3) is 0 Å². The molecule has 0 spiro atoms. The molecule has 0 bridgehead atoms. The SMILES string of the molecule is CS(=O)(=O)c1cccc2c1CNCC2. The predicted molar refractivity (Wildman–Crippen MR) is 55.0 cm³/mol. The normalized spacial score (nSPS) is 16.4. The second kappa shape index (κ2) is 3.37. The molecule has 3 nitrogen and oxygen atoms in total. The topological polar surface area (TPSA) is 46.2 Å². The van der Waals surface area contributed by atoms with E-state index in [0.717, 1.165) is 24.1 Å². The van der Waals surface area contributed by atoms with Gasteiger partial charge in [-0.2, -0.15) is 0 Å². The molecule has 0 saturated heterocycles. The van der Waals surface area contributed by atoms with Crippen molar-refractivity contribution < 1.29 is 8.42 Å². The summed E-state index contributed by atoms with van der Waals surface area (Å²) in [5.74, 6) is 0. The Morgan fingerprint density at radius 2 is 2.14 bits per heavy atom. The Balaban J connectivity index is 2.62. The smallest absolute Gasteiger partial charge is 0.175 e. The van der Waals surface area contributed by atoms with Crippen LogP contribution in [0.15, 0.2) is 23.1 Å². The number of benzene rings is 1. The first-order valence-electron chi connectivity index (χ1n) is 4.60. The lowest BCUT2D eigenvalue weighted by Gasteiger charge is -2.19. The van der Waals surface area contributed by atoms with Crippen molar-refractivity contribution in [1.29, 1.82) is 0 Å². The summed E-state index contributed by atoms with van der Waals surface area (Å²) in [4.78, 5) is 0.474. The fourth-order valence-electron chi connectivity index (χ4n) is 1.83. The van der Waals surface area contributed by atoms with Gasteiger partial charge in [0, 0.05) is 12.8 Å². The first-order chi connectivity index (χ1) is 6.59. The van der Waals surface area contributed by atoms with Crippen molar-refractivity contribution in [3.8, 4) is 0 Å². The Morgan fingerprint density at radius 1 is 1.36 bits per heavy atom.